The molecule has 0 unspecified atom stereocenters. The van der Waals surface area contributed by atoms with E-state index in [2.05, 4.69) is 10.6 Å². The topological polar surface area (TPSA) is 154 Å². The van der Waals surface area contributed by atoms with E-state index in [0.717, 1.165) is 6.07 Å². The molecule has 0 saturated carbocycles. The molecule has 0 aliphatic carbocycles. The molecule has 0 aromatic heterocycles. The van der Waals surface area contributed by atoms with Gasteiger partial charge >= 0.3 is 6.03 Å². The van der Waals surface area contributed by atoms with Gasteiger partial charge in [-0.3, -0.25) is 4.79 Å². The monoisotopic (exact) mass is 302 g/mol. The molecule has 6 N–H and O–H groups in total. The molecule has 0 aliphatic heterocycles. The third-order valence-electron chi connectivity index (χ3n) is 2.18. The van der Waals surface area contributed by atoms with Gasteiger partial charge in [0, 0.05) is 5.69 Å². The van der Waals surface area contributed by atoms with Crippen LogP contribution < -0.4 is 26.2 Å². The van der Waals surface area contributed by atoms with Crippen molar-refractivity contribution in [1.29, 1.82) is 0 Å². The number of sulfonamides is 1. The lowest BCUT2D eigenvalue weighted by Crippen LogP contribution is -2.36. The third kappa shape index (κ3) is 4.40. The minimum Gasteiger partial charge on any atom is -0.495 e. The Balaban J connectivity index is 2.93. The lowest BCUT2D eigenvalue weighted by molar-refractivity contribution is -0.115. The molecule has 1 rings (SSSR count). The SMILES string of the molecule is COc1ccc(NC(=O)CNC(N)=O)cc1S(N)(=O)=O. The highest BCUT2D eigenvalue weighted by atomic mass is 32.2. The van der Waals surface area contributed by atoms with Crippen LogP contribution in [0.4, 0.5) is 10.5 Å². The highest BCUT2D eigenvalue weighted by Gasteiger charge is 2.16. The normalized spacial score (nSPS) is 10.7. The van der Waals surface area contributed by atoms with Crippen LogP contribution in [0.3, 0.4) is 0 Å². The predicted octanol–water partition coefficient (Wildman–Crippen LogP) is -1.05. The fraction of sp³-hybridized carbons (Fsp3) is 0.200. The first-order valence-electron chi connectivity index (χ1n) is 5.28. The Kier molecular flexibility index (Phi) is 4.88. The van der Waals surface area contributed by atoms with Gasteiger partial charge in [-0.05, 0) is 18.2 Å². The molecule has 0 saturated heterocycles. The Bertz CT molecular complexity index is 629. The van der Waals surface area contributed by atoms with Crippen LogP contribution in [0.15, 0.2) is 23.1 Å². The van der Waals surface area contributed by atoms with Gasteiger partial charge in [0.05, 0.1) is 13.7 Å². The number of amides is 3. The number of primary amides is 1. The van der Waals surface area contributed by atoms with Gasteiger partial charge in [-0.2, -0.15) is 0 Å². The van der Waals surface area contributed by atoms with Crippen LogP contribution in [-0.4, -0.2) is 34.0 Å². The van der Waals surface area contributed by atoms with E-state index in [4.69, 9.17) is 15.6 Å². The van der Waals surface area contributed by atoms with Crippen molar-refractivity contribution in [2.24, 2.45) is 10.9 Å². The summed E-state index contributed by atoms with van der Waals surface area (Å²) in [5.41, 5.74) is 5.00. The number of nitrogens with one attached hydrogen (secondary N) is 2. The van der Waals surface area contributed by atoms with Crippen molar-refractivity contribution in [3.8, 4) is 5.75 Å². The van der Waals surface area contributed by atoms with Gasteiger partial charge in [0.15, 0.2) is 0 Å². The molecule has 0 spiro atoms. The van der Waals surface area contributed by atoms with Crippen LogP contribution >= 0.6 is 0 Å². The average molecular weight is 302 g/mol. The van der Waals surface area contributed by atoms with Crippen molar-refractivity contribution in [3.05, 3.63) is 18.2 Å². The van der Waals surface area contributed by atoms with Crippen molar-refractivity contribution >= 4 is 27.6 Å². The van der Waals surface area contributed by atoms with Crippen LogP contribution in [0.2, 0.25) is 0 Å². The quantitative estimate of drug-likeness (QED) is 0.546. The first-order chi connectivity index (χ1) is 9.24. The van der Waals surface area contributed by atoms with E-state index in [9.17, 15) is 18.0 Å². The van der Waals surface area contributed by atoms with E-state index in [-0.39, 0.29) is 22.9 Å². The summed E-state index contributed by atoms with van der Waals surface area (Å²) in [7, 11) is -2.70. The number of primary sulfonamides is 1. The molecule has 1 aromatic rings. The molecule has 0 heterocycles. The Morgan fingerprint density at radius 2 is 2.00 bits per heavy atom. The van der Waals surface area contributed by atoms with Gasteiger partial charge < -0.3 is 21.1 Å². The molecule has 0 fully saturated rings. The second-order valence-electron chi connectivity index (χ2n) is 3.68. The molecule has 3 amide bonds. The maximum atomic E-state index is 11.4. The second-order valence-corrected chi connectivity index (χ2v) is 5.21. The summed E-state index contributed by atoms with van der Waals surface area (Å²) in [6.07, 6.45) is 0. The number of anilines is 1. The molecular formula is C10H14N4O5S. The van der Waals surface area contributed by atoms with E-state index < -0.39 is 22.0 Å². The number of ether oxygens (including phenoxy) is 1. The molecule has 9 nitrogen and oxygen atoms in total. The zero-order valence-corrected chi connectivity index (χ0v) is 11.4. The van der Waals surface area contributed by atoms with Crippen LogP contribution in [-0.2, 0) is 14.8 Å². The number of methoxy groups -OCH3 is 1. The number of carbonyl (C=O) groups is 2. The molecule has 0 radical (unpaired) electrons. The smallest absolute Gasteiger partial charge is 0.312 e. The minimum atomic E-state index is -4.00. The zero-order valence-electron chi connectivity index (χ0n) is 10.5. The van der Waals surface area contributed by atoms with E-state index in [1.807, 2.05) is 0 Å². The van der Waals surface area contributed by atoms with Gasteiger partial charge in [-0.1, -0.05) is 0 Å². The standard InChI is InChI=1S/C10H14N4O5S/c1-19-7-3-2-6(4-8(7)20(12,17)18)14-9(15)5-13-10(11)16/h2-4H,5H2,1H3,(H,14,15)(H3,11,13,16)(H2,12,17,18). The van der Waals surface area contributed by atoms with Gasteiger partial charge in [0.1, 0.15) is 10.6 Å². The summed E-state index contributed by atoms with van der Waals surface area (Å²) >= 11 is 0. The molecule has 0 bridgehead atoms. The predicted molar refractivity (Wildman–Crippen MR) is 70.6 cm³/mol. The highest BCUT2D eigenvalue weighted by molar-refractivity contribution is 7.89. The van der Waals surface area contributed by atoms with E-state index >= 15 is 0 Å². The highest BCUT2D eigenvalue weighted by Crippen LogP contribution is 2.25. The first-order valence-corrected chi connectivity index (χ1v) is 6.82. The van der Waals surface area contributed by atoms with Crippen molar-refractivity contribution < 1.29 is 22.7 Å². The second kappa shape index (κ2) is 6.21. The van der Waals surface area contributed by atoms with Crippen LogP contribution in [0, 0.1) is 0 Å². The van der Waals surface area contributed by atoms with Crippen molar-refractivity contribution in [1.82, 2.24) is 5.32 Å². The van der Waals surface area contributed by atoms with E-state index in [1.54, 1.807) is 0 Å². The molecule has 0 atom stereocenters. The van der Waals surface area contributed by atoms with Crippen molar-refractivity contribution in [2.45, 2.75) is 4.90 Å². The van der Waals surface area contributed by atoms with E-state index in [0.29, 0.717) is 0 Å². The third-order valence-corrected chi connectivity index (χ3v) is 3.11. The number of hydrogen-bond donors (Lipinski definition) is 4. The summed E-state index contributed by atoms with van der Waals surface area (Å²) < 4.78 is 27.6. The molecular weight excluding hydrogens is 288 g/mol. The van der Waals surface area contributed by atoms with Crippen LogP contribution in [0.1, 0.15) is 0 Å². The van der Waals surface area contributed by atoms with Gasteiger partial charge in [-0.25, -0.2) is 18.4 Å². The lowest BCUT2D eigenvalue weighted by atomic mass is 10.3. The largest absolute Gasteiger partial charge is 0.495 e. The van der Waals surface area contributed by atoms with E-state index in [1.165, 1.54) is 19.2 Å². The molecule has 1 aromatic carbocycles. The average Bonchev–Trinajstić information content (AvgIpc) is 2.35. The molecule has 20 heavy (non-hydrogen) atoms. The summed E-state index contributed by atoms with van der Waals surface area (Å²) in [5.74, 6) is -0.518. The fourth-order valence-corrected chi connectivity index (χ4v) is 2.07. The lowest BCUT2D eigenvalue weighted by Gasteiger charge is -2.10. The van der Waals surface area contributed by atoms with Gasteiger partial charge in [-0.15, -0.1) is 0 Å². The fourth-order valence-electron chi connectivity index (χ4n) is 1.35. The Labute approximate surface area is 115 Å². The first kappa shape index (κ1) is 15.7. The number of rotatable bonds is 5. The van der Waals surface area contributed by atoms with Crippen LogP contribution in [0.25, 0.3) is 0 Å². The van der Waals surface area contributed by atoms with Crippen molar-refractivity contribution in [2.75, 3.05) is 19.0 Å². The summed E-state index contributed by atoms with van der Waals surface area (Å²) in [5, 5.41) is 9.51. The minimum absolute atomic E-state index is 0.0563. The summed E-state index contributed by atoms with van der Waals surface area (Å²) in [6.45, 7) is -0.341. The van der Waals surface area contributed by atoms with Crippen molar-refractivity contribution in [3.63, 3.8) is 0 Å². The molecule has 0 aliphatic rings. The Morgan fingerprint density at radius 3 is 2.50 bits per heavy atom. The number of nitrogens with two attached hydrogens (primary N) is 2. The Morgan fingerprint density at radius 1 is 1.35 bits per heavy atom. The summed E-state index contributed by atoms with van der Waals surface area (Å²) in [6, 6.07) is 3.07. The number of urea groups is 1. The molecule has 110 valence electrons. The van der Waals surface area contributed by atoms with Gasteiger partial charge in [0.2, 0.25) is 15.9 Å². The van der Waals surface area contributed by atoms with Gasteiger partial charge in [0.25, 0.3) is 0 Å². The Hall–Kier alpha value is -2.33. The maximum absolute atomic E-state index is 11.4. The molecule has 10 heteroatoms. The number of carbonyl (C=O) groups excluding carboxylic acids is 2. The zero-order chi connectivity index (χ0) is 15.3. The maximum Gasteiger partial charge on any atom is 0.312 e. The van der Waals surface area contributed by atoms with Crippen LogP contribution in [0.5, 0.6) is 5.75 Å². The number of benzene rings is 1. The number of hydrogen-bond acceptors (Lipinski definition) is 5. The summed E-state index contributed by atoms with van der Waals surface area (Å²) in [4.78, 5) is 21.6.